The van der Waals surface area contributed by atoms with Gasteiger partial charge in [-0.15, -0.1) is 0 Å². The normalized spacial score (nSPS) is 20.6. The average molecular weight is 294 g/mol. The van der Waals surface area contributed by atoms with Crippen molar-refractivity contribution in [3.05, 3.63) is 29.6 Å². The third-order valence-corrected chi connectivity index (χ3v) is 4.32. The fraction of sp³-hybridized carbons (Fsp3) is 0.647. The van der Waals surface area contributed by atoms with E-state index >= 15 is 0 Å². The molecular weight excluding hydrogens is 267 g/mol. The molecule has 2 atom stereocenters. The number of nitrogens with zero attached hydrogens (tertiary/aromatic N) is 1. The van der Waals surface area contributed by atoms with Gasteiger partial charge in [0, 0.05) is 12.6 Å². The van der Waals surface area contributed by atoms with Crippen LogP contribution in [0.15, 0.2) is 18.2 Å². The van der Waals surface area contributed by atoms with Crippen molar-refractivity contribution in [3.63, 3.8) is 0 Å². The summed E-state index contributed by atoms with van der Waals surface area (Å²) < 4.78 is 14.5. The van der Waals surface area contributed by atoms with E-state index < -0.39 is 0 Å². The Labute approximate surface area is 127 Å². The monoisotopic (exact) mass is 294 g/mol. The van der Waals surface area contributed by atoms with Crippen LogP contribution in [0.5, 0.6) is 0 Å². The lowest BCUT2D eigenvalue weighted by Gasteiger charge is -2.36. The molecule has 1 heterocycles. The zero-order valence-electron chi connectivity index (χ0n) is 13.1. The van der Waals surface area contributed by atoms with E-state index in [1.165, 1.54) is 0 Å². The molecule has 0 amide bonds. The number of aliphatic hydroxyl groups is 1. The van der Waals surface area contributed by atoms with Crippen molar-refractivity contribution in [2.75, 3.05) is 24.6 Å². The first-order valence-corrected chi connectivity index (χ1v) is 8.07. The lowest BCUT2D eigenvalue weighted by atomic mass is 10.0. The Balaban J connectivity index is 2.14. The summed E-state index contributed by atoms with van der Waals surface area (Å²) in [5.74, 6) is -0.182. The van der Waals surface area contributed by atoms with Gasteiger partial charge < -0.3 is 15.3 Å². The summed E-state index contributed by atoms with van der Waals surface area (Å²) >= 11 is 0. The Kier molecular flexibility index (Phi) is 6.00. The summed E-state index contributed by atoms with van der Waals surface area (Å²) in [6.45, 7) is 6.03. The number of anilines is 1. The second-order valence-corrected chi connectivity index (χ2v) is 5.91. The van der Waals surface area contributed by atoms with E-state index in [0.717, 1.165) is 44.3 Å². The highest BCUT2D eigenvalue weighted by molar-refractivity contribution is 5.51. The molecule has 1 aliphatic rings. The Hall–Kier alpha value is -1.13. The van der Waals surface area contributed by atoms with E-state index in [1.807, 2.05) is 17.0 Å². The van der Waals surface area contributed by atoms with Crippen LogP contribution < -0.4 is 10.2 Å². The van der Waals surface area contributed by atoms with Gasteiger partial charge in [0.25, 0.3) is 0 Å². The molecule has 1 saturated heterocycles. The standard InChI is InChI=1S/C17H27FN2O/c1-3-9-19-13(2)14-7-8-17(16(18)11-14)20-10-5-4-6-15(20)12-21/h7-8,11,13,15,19,21H,3-6,9-10,12H2,1-2H3. The number of piperidine rings is 1. The van der Waals surface area contributed by atoms with Crippen LogP contribution in [0, 0.1) is 5.82 Å². The quantitative estimate of drug-likeness (QED) is 0.845. The van der Waals surface area contributed by atoms with Crippen LogP contribution in [0.1, 0.15) is 51.1 Å². The summed E-state index contributed by atoms with van der Waals surface area (Å²) in [5.41, 5.74) is 1.60. The molecule has 118 valence electrons. The van der Waals surface area contributed by atoms with Crippen molar-refractivity contribution in [3.8, 4) is 0 Å². The molecule has 2 N–H and O–H groups in total. The first kappa shape index (κ1) is 16.2. The van der Waals surface area contributed by atoms with E-state index in [9.17, 15) is 9.50 Å². The van der Waals surface area contributed by atoms with Gasteiger partial charge in [-0.3, -0.25) is 0 Å². The fourth-order valence-electron chi connectivity index (χ4n) is 3.01. The predicted molar refractivity (Wildman–Crippen MR) is 85.2 cm³/mol. The highest BCUT2D eigenvalue weighted by Crippen LogP contribution is 2.29. The van der Waals surface area contributed by atoms with Gasteiger partial charge in [0.05, 0.1) is 18.3 Å². The lowest BCUT2D eigenvalue weighted by Crippen LogP contribution is -2.42. The van der Waals surface area contributed by atoms with Gasteiger partial charge in [0.1, 0.15) is 5.82 Å². The van der Waals surface area contributed by atoms with Crippen LogP contribution in [0.4, 0.5) is 10.1 Å². The summed E-state index contributed by atoms with van der Waals surface area (Å²) in [6, 6.07) is 5.70. The minimum absolute atomic E-state index is 0.0507. The molecule has 0 aliphatic carbocycles. The first-order valence-electron chi connectivity index (χ1n) is 8.07. The fourth-order valence-corrected chi connectivity index (χ4v) is 3.01. The van der Waals surface area contributed by atoms with Crippen LogP contribution in [-0.2, 0) is 0 Å². The van der Waals surface area contributed by atoms with Crippen LogP contribution in [0.3, 0.4) is 0 Å². The minimum atomic E-state index is -0.182. The molecule has 0 radical (unpaired) electrons. The largest absolute Gasteiger partial charge is 0.394 e. The molecule has 4 heteroatoms. The zero-order valence-corrected chi connectivity index (χ0v) is 13.1. The highest BCUT2D eigenvalue weighted by Gasteiger charge is 2.24. The van der Waals surface area contributed by atoms with Crippen LogP contribution in [0.25, 0.3) is 0 Å². The third kappa shape index (κ3) is 3.95. The van der Waals surface area contributed by atoms with Gasteiger partial charge in [0.2, 0.25) is 0 Å². The highest BCUT2D eigenvalue weighted by atomic mass is 19.1. The molecule has 0 saturated carbocycles. The summed E-state index contributed by atoms with van der Waals surface area (Å²) in [6.07, 6.45) is 4.18. The average Bonchev–Trinajstić information content (AvgIpc) is 2.52. The molecule has 1 fully saturated rings. The molecule has 3 nitrogen and oxygen atoms in total. The molecule has 0 aromatic heterocycles. The SMILES string of the molecule is CCCNC(C)c1ccc(N2CCCCC2CO)c(F)c1. The summed E-state index contributed by atoms with van der Waals surface area (Å²) in [5, 5.41) is 12.9. The van der Waals surface area contributed by atoms with Crippen molar-refractivity contribution < 1.29 is 9.50 Å². The van der Waals surface area contributed by atoms with Gasteiger partial charge in [-0.05, 0) is 56.8 Å². The Morgan fingerprint density at radius 3 is 2.90 bits per heavy atom. The van der Waals surface area contributed by atoms with E-state index in [-0.39, 0.29) is 24.5 Å². The lowest BCUT2D eigenvalue weighted by molar-refractivity contribution is 0.239. The molecule has 2 rings (SSSR count). The van der Waals surface area contributed by atoms with Crippen molar-refractivity contribution in [1.82, 2.24) is 5.32 Å². The molecule has 0 bridgehead atoms. The maximum atomic E-state index is 14.5. The number of halogens is 1. The van der Waals surface area contributed by atoms with Crippen molar-refractivity contribution in [1.29, 1.82) is 0 Å². The van der Waals surface area contributed by atoms with E-state index in [1.54, 1.807) is 6.07 Å². The molecule has 0 spiro atoms. The predicted octanol–water partition coefficient (Wildman–Crippen LogP) is 3.24. The van der Waals surface area contributed by atoms with Gasteiger partial charge >= 0.3 is 0 Å². The number of aliphatic hydroxyl groups excluding tert-OH is 1. The number of benzene rings is 1. The molecule has 1 aromatic carbocycles. The molecule has 2 unspecified atom stereocenters. The maximum Gasteiger partial charge on any atom is 0.146 e. The number of nitrogens with one attached hydrogen (secondary N) is 1. The number of hydrogen-bond donors (Lipinski definition) is 2. The van der Waals surface area contributed by atoms with Gasteiger partial charge in [-0.1, -0.05) is 13.0 Å². The Morgan fingerprint density at radius 2 is 2.24 bits per heavy atom. The van der Waals surface area contributed by atoms with Gasteiger partial charge in [-0.25, -0.2) is 4.39 Å². The maximum absolute atomic E-state index is 14.5. The van der Waals surface area contributed by atoms with Crippen LogP contribution >= 0.6 is 0 Å². The van der Waals surface area contributed by atoms with Crippen LogP contribution in [0.2, 0.25) is 0 Å². The molecule has 21 heavy (non-hydrogen) atoms. The topological polar surface area (TPSA) is 35.5 Å². The van der Waals surface area contributed by atoms with E-state index in [0.29, 0.717) is 5.69 Å². The van der Waals surface area contributed by atoms with Crippen molar-refractivity contribution >= 4 is 5.69 Å². The molecule has 1 aliphatic heterocycles. The zero-order chi connectivity index (χ0) is 15.2. The minimum Gasteiger partial charge on any atom is -0.394 e. The molecular formula is C17H27FN2O. The Bertz CT molecular complexity index is 452. The number of hydrogen-bond acceptors (Lipinski definition) is 3. The van der Waals surface area contributed by atoms with E-state index in [4.69, 9.17) is 0 Å². The van der Waals surface area contributed by atoms with Crippen LogP contribution in [-0.4, -0.2) is 30.8 Å². The second-order valence-electron chi connectivity index (χ2n) is 5.91. The first-order chi connectivity index (χ1) is 10.2. The Morgan fingerprint density at radius 1 is 1.43 bits per heavy atom. The second kappa shape index (κ2) is 7.76. The van der Waals surface area contributed by atoms with E-state index in [2.05, 4.69) is 19.2 Å². The molecule has 1 aromatic rings. The third-order valence-electron chi connectivity index (χ3n) is 4.32. The smallest absolute Gasteiger partial charge is 0.146 e. The van der Waals surface area contributed by atoms with Crippen molar-refractivity contribution in [2.24, 2.45) is 0 Å². The summed E-state index contributed by atoms with van der Waals surface area (Å²) in [4.78, 5) is 2.02. The number of rotatable bonds is 6. The van der Waals surface area contributed by atoms with Gasteiger partial charge in [0.15, 0.2) is 0 Å². The van der Waals surface area contributed by atoms with Gasteiger partial charge in [-0.2, -0.15) is 0 Å². The van der Waals surface area contributed by atoms with Crippen molar-refractivity contribution in [2.45, 2.75) is 51.6 Å². The summed E-state index contributed by atoms with van der Waals surface area (Å²) in [7, 11) is 0.